The Kier molecular flexibility index (Phi) is 8.10. The molecule has 3 atom stereocenters. The van der Waals surface area contributed by atoms with Gasteiger partial charge in [0.2, 0.25) is 5.95 Å². The lowest BCUT2D eigenvalue weighted by Crippen LogP contribution is -2.28. The highest BCUT2D eigenvalue weighted by Gasteiger charge is 2.39. The SMILES string of the molecule is O[C@H]1[C@H](n2c(-c3nnc[nH]3)nc3c(NCC(c4ccccc4)c4ccccc4)nc(NCCc4ccccn4)nc32)OC[C@@H]1O. The average Bonchev–Trinajstić information content (AvgIpc) is 3.82. The molecule has 1 aliphatic rings. The molecule has 0 bridgehead atoms. The summed E-state index contributed by atoms with van der Waals surface area (Å²) in [6, 6.07) is 26.4. The maximum Gasteiger partial charge on any atom is 0.226 e. The van der Waals surface area contributed by atoms with Crippen molar-refractivity contribution in [2.75, 3.05) is 30.3 Å². The van der Waals surface area contributed by atoms with Crippen LogP contribution in [0.1, 0.15) is 29.0 Å². The zero-order valence-corrected chi connectivity index (χ0v) is 24.2. The first-order valence-electron chi connectivity index (χ1n) is 14.8. The molecule has 5 heterocycles. The third-order valence-corrected chi connectivity index (χ3v) is 7.81. The van der Waals surface area contributed by atoms with Gasteiger partial charge < -0.3 is 30.6 Å². The van der Waals surface area contributed by atoms with Gasteiger partial charge in [-0.1, -0.05) is 66.7 Å². The van der Waals surface area contributed by atoms with E-state index in [9.17, 15) is 10.2 Å². The van der Waals surface area contributed by atoms with Gasteiger partial charge in [0.15, 0.2) is 34.9 Å². The van der Waals surface area contributed by atoms with Crippen LogP contribution in [0.3, 0.4) is 0 Å². The first-order valence-corrected chi connectivity index (χ1v) is 14.8. The second kappa shape index (κ2) is 12.8. The summed E-state index contributed by atoms with van der Waals surface area (Å²) in [5.74, 6) is 1.56. The van der Waals surface area contributed by atoms with Crippen LogP contribution >= 0.6 is 0 Å². The molecule has 0 spiro atoms. The Morgan fingerprint density at radius 3 is 2.31 bits per heavy atom. The molecule has 0 amide bonds. The Bertz CT molecular complexity index is 1800. The number of pyridine rings is 1. The van der Waals surface area contributed by atoms with Crippen LogP contribution in [0.25, 0.3) is 22.8 Å². The monoisotopic (exact) mass is 604 g/mol. The fourth-order valence-corrected chi connectivity index (χ4v) is 5.56. The van der Waals surface area contributed by atoms with Gasteiger partial charge in [0, 0.05) is 37.3 Å². The summed E-state index contributed by atoms with van der Waals surface area (Å²) in [6.07, 6.45) is 0.629. The summed E-state index contributed by atoms with van der Waals surface area (Å²) in [7, 11) is 0. The average molecular weight is 605 g/mol. The molecule has 4 aromatic heterocycles. The molecule has 0 aliphatic carbocycles. The van der Waals surface area contributed by atoms with E-state index in [1.807, 2.05) is 54.6 Å². The minimum atomic E-state index is -1.21. The van der Waals surface area contributed by atoms with Gasteiger partial charge >= 0.3 is 0 Å². The summed E-state index contributed by atoms with van der Waals surface area (Å²) in [5, 5.41) is 36.2. The minimum absolute atomic E-state index is 0.0175. The largest absolute Gasteiger partial charge is 0.388 e. The number of ether oxygens (including phenoxy) is 1. The summed E-state index contributed by atoms with van der Waals surface area (Å²) >= 11 is 0. The van der Waals surface area contributed by atoms with Crippen molar-refractivity contribution in [1.82, 2.24) is 39.7 Å². The topological polar surface area (TPSA) is 172 Å². The fourth-order valence-electron chi connectivity index (χ4n) is 5.56. The summed E-state index contributed by atoms with van der Waals surface area (Å²) < 4.78 is 7.49. The number of aliphatic hydroxyl groups is 2. The number of anilines is 2. The van der Waals surface area contributed by atoms with Gasteiger partial charge in [0.1, 0.15) is 18.5 Å². The summed E-state index contributed by atoms with van der Waals surface area (Å²) in [5.41, 5.74) is 4.09. The van der Waals surface area contributed by atoms with E-state index < -0.39 is 18.4 Å². The predicted molar refractivity (Wildman–Crippen MR) is 167 cm³/mol. The van der Waals surface area contributed by atoms with Crippen LogP contribution in [-0.4, -0.2) is 81.8 Å². The van der Waals surface area contributed by atoms with E-state index in [1.165, 1.54) is 6.33 Å². The number of aliphatic hydroxyl groups excluding tert-OH is 2. The third kappa shape index (κ3) is 5.96. The van der Waals surface area contributed by atoms with Crippen molar-refractivity contribution in [2.24, 2.45) is 0 Å². The molecular weight excluding hydrogens is 572 g/mol. The zero-order chi connectivity index (χ0) is 30.6. The standard InChI is InChI=1S/C32H32N10O3/c43-24-18-45-31(26(24)44)42-29-25(38-30(42)28-36-19-37-41-28)27(39-32(40-29)34-16-14-22-13-7-8-15-33-22)35-17-23(20-9-3-1-4-10-20)21-11-5-2-6-12-21/h1-13,15,19,23-24,26,31,43-44H,14,16-18H2,(H,36,37,41)(H2,34,35,39,40)/t24-,26+,31+/m0/s1. The fraction of sp³-hybridized carbons (Fsp3) is 0.250. The number of aromatic nitrogens is 8. The molecule has 0 unspecified atom stereocenters. The summed E-state index contributed by atoms with van der Waals surface area (Å²) in [6.45, 7) is 1.00. The maximum absolute atomic E-state index is 10.9. The first kappa shape index (κ1) is 28.5. The van der Waals surface area contributed by atoms with Crippen molar-refractivity contribution >= 4 is 22.9 Å². The zero-order valence-electron chi connectivity index (χ0n) is 24.2. The lowest BCUT2D eigenvalue weighted by atomic mass is 9.91. The van der Waals surface area contributed by atoms with Gasteiger partial charge in [-0.05, 0) is 23.3 Å². The number of nitrogens with one attached hydrogen (secondary N) is 3. The van der Waals surface area contributed by atoms with Gasteiger partial charge in [-0.2, -0.15) is 9.97 Å². The Hall–Kier alpha value is -5.24. The van der Waals surface area contributed by atoms with E-state index in [1.54, 1.807) is 10.8 Å². The van der Waals surface area contributed by atoms with E-state index in [0.29, 0.717) is 54.1 Å². The van der Waals surface area contributed by atoms with Crippen molar-refractivity contribution in [2.45, 2.75) is 30.8 Å². The van der Waals surface area contributed by atoms with Crippen molar-refractivity contribution in [1.29, 1.82) is 0 Å². The maximum atomic E-state index is 10.9. The van der Waals surface area contributed by atoms with Gasteiger partial charge in [0.05, 0.1) is 6.61 Å². The molecule has 0 saturated carbocycles. The molecule has 0 radical (unpaired) electrons. The molecule has 2 aromatic carbocycles. The van der Waals surface area contributed by atoms with Crippen molar-refractivity contribution in [3.63, 3.8) is 0 Å². The van der Waals surface area contributed by atoms with E-state index in [4.69, 9.17) is 19.7 Å². The highest BCUT2D eigenvalue weighted by atomic mass is 16.5. The van der Waals surface area contributed by atoms with Gasteiger partial charge in [-0.15, -0.1) is 10.2 Å². The predicted octanol–water partition coefficient (Wildman–Crippen LogP) is 3.16. The normalized spacial score (nSPS) is 18.1. The number of nitrogens with zero attached hydrogens (tertiary/aromatic N) is 7. The smallest absolute Gasteiger partial charge is 0.226 e. The molecule has 1 saturated heterocycles. The van der Waals surface area contributed by atoms with Crippen molar-refractivity contribution < 1.29 is 14.9 Å². The van der Waals surface area contributed by atoms with E-state index in [-0.39, 0.29) is 12.5 Å². The van der Waals surface area contributed by atoms with Gasteiger partial charge in [-0.25, -0.2) is 4.98 Å². The highest BCUT2D eigenvalue weighted by molar-refractivity contribution is 5.87. The Labute approximate surface area is 258 Å². The number of hydrogen-bond donors (Lipinski definition) is 5. The van der Waals surface area contributed by atoms with Crippen molar-refractivity contribution in [3.05, 3.63) is 108 Å². The quantitative estimate of drug-likeness (QED) is 0.147. The number of benzene rings is 2. The number of rotatable bonds is 11. The van der Waals surface area contributed by atoms with Gasteiger partial charge in [-0.3, -0.25) is 9.55 Å². The molecule has 228 valence electrons. The molecule has 6 aromatic rings. The highest BCUT2D eigenvalue weighted by Crippen LogP contribution is 2.35. The number of hydrogen-bond acceptors (Lipinski definition) is 11. The second-order valence-corrected chi connectivity index (χ2v) is 10.7. The van der Waals surface area contributed by atoms with E-state index >= 15 is 0 Å². The summed E-state index contributed by atoms with van der Waals surface area (Å²) in [4.78, 5) is 22.0. The van der Waals surface area contributed by atoms with Crippen LogP contribution in [-0.2, 0) is 11.2 Å². The second-order valence-electron chi connectivity index (χ2n) is 10.7. The Morgan fingerprint density at radius 1 is 0.911 bits per heavy atom. The van der Waals surface area contributed by atoms with Gasteiger partial charge in [0.25, 0.3) is 0 Å². The Balaban J connectivity index is 1.30. The molecule has 7 rings (SSSR count). The molecule has 5 N–H and O–H groups in total. The van der Waals surface area contributed by atoms with Crippen LogP contribution in [0, 0.1) is 0 Å². The van der Waals surface area contributed by atoms with Crippen LogP contribution in [0.5, 0.6) is 0 Å². The molecule has 13 nitrogen and oxygen atoms in total. The number of H-pyrrole nitrogens is 1. The number of aromatic amines is 1. The van der Waals surface area contributed by atoms with Crippen LogP contribution in [0.2, 0.25) is 0 Å². The Morgan fingerprint density at radius 2 is 1.67 bits per heavy atom. The minimum Gasteiger partial charge on any atom is -0.388 e. The van der Waals surface area contributed by atoms with E-state index in [0.717, 1.165) is 16.8 Å². The molecule has 1 fully saturated rings. The lowest BCUT2D eigenvalue weighted by Gasteiger charge is -2.20. The molecular formula is C32H32N10O3. The number of fused-ring (bicyclic) bond motifs is 1. The van der Waals surface area contributed by atoms with Crippen LogP contribution in [0.4, 0.5) is 11.8 Å². The first-order chi connectivity index (χ1) is 22.2. The number of imidazole rings is 1. The third-order valence-electron chi connectivity index (χ3n) is 7.81. The lowest BCUT2D eigenvalue weighted by molar-refractivity contribution is -0.0153. The molecule has 1 aliphatic heterocycles. The molecule has 45 heavy (non-hydrogen) atoms. The van der Waals surface area contributed by atoms with E-state index in [2.05, 4.69) is 55.1 Å². The molecule has 13 heteroatoms. The van der Waals surface area contributed by atoms with Crippen LogP contribution in [0.15, 0.2) is 91.4 Å². The van der Waals surface area contributed by atoms with Crippen LogP contribution < -0.4 is 10.6 Å². The van der Waals surface area contributed by atoms with Crippen molar-refractivity contribution in [3.8, 4) is 11.6 Å².